The van der Waals surface area contributed by atoms with Gasteiger partial charge in [0.25, 0.3) is 0 Å². The second-order valence-electron chi connectivity index (χ2n) is 21.3. The third-order valence-electron chi connectivity index (χ3n) is 14.0. The van der Waals surface area contributed by atoms with Gasteiger partial charge in [-0.2, -0.15) is 9.97 Å². The second kappa shape index (κ2) is 19.4. The number of benzene rings is 3. The zero-order valence-electron chi connectivity index (χ0n) is 41.3. The number of anilines is 2. The third kappa shape index (κ3) is 10.8. The minimum absolute atomic E-state index is 0.0693. The first kappa shape index (κ1) is 50.0. The van der Waals surface area contributed by atoms with Gasteiger partial charge < -0.3 is 33.2 Å². The van der Waals surface area contributed by atoms with Crippen molar-refractivity contribution in [2.24, 2.45) is 5.41 Å². The fraction of sp³-hybridized carbons (Fsp3) is 0.500. The van der Waals surface area contributed by atoms with Gasteiger partial charge >= 0.3 is 12.1 Å². The van der Waals surface area contributed by atoms with Crippen LogP contribution in [0.25, 0.3) is 22.2 Å². The van der Waals surface area contributed by atoms with E-state index in [1.165, 1.54) is 0 Å². The van der Waals surface area contributed by atoms with Gasteiger partial charge in [-0.1, -0.05) is 56.6 Å². The average molecular weight is 1080 g/mol. The van der Waals surface area contributed by atoms with E-state index >= 15 is 4.39 Å². The normalized spacial score (nSPS) is 17.9. The van der Waals surface area contributed by atoms with Crippen molar-refractivity contribution >= 4 is 71.1 Å². The van der Waals surface area contributed by atoms with E-state index in [0.29, 0.717) is 62.1 Å². The molecule has 1 amide bonds. The van der Waals surface area contributed by atoms with E-state index < -0.39 is 19.7 Å². The molecule has 0 radical (unpaired) electrons. The zero-order valence-corrected chi connectivity index (χ0v) is 45.2. The van der Waals surface area contributed by atoms with Crippen molar-refractivity contribution < 1.29 is 32.6 Å². The number of hydrogen-bond donors (Lipinski definition) is 0. The van der Waals surface area contributed by atoms with Gasteiger partial charge in [0.2, 0.25) is 0 Å². The Morgan fingerprint density at radius 1 is 0.882 bits per heavy atom. The maximum Gasteiger partial charge on any atom is 0.410 e. The van der Waals surface area contributed by atoms with E-state index in [4.69, 9.17) is 49.9 Å². The summed E-state index contributed by atoms with van der Waals surface area (Å²) in [7, 11) is 1.29. The summed E-state index contributed by atoms with van der Waals surface area (Å²) in [6.45, 7) is 21.8. The molecule has 364 valence electrons. The lowest BCUT2D eigenvalue weighted by molar-refractivity contribution is 0.0122. The Balaban J connectivity index is 1.19. The first-order valence-electron chi connectivity index (χ1n) is 23.5. The Labute approximate surface area is 420 Å². The molecular weight excluding hydrogens is 1010 g/mol. The van der Waals surface area contributed by atoms with E-state index in [9.17, 15) is 4.79 Å². The largest absolute Gasteiger partial charge is 0.497 e. The van der Waals surface area contributed by atoms with Gasteiger partial charge in [0.1, 0.15) is 34.3 Å². The highest BCUT2D eigenvalue weighted by molar-refractivity contribution is 14.1. The minimum Gasteiger partial charge on any atom is -0.497 e. The Kier molecular flexibility index (Phi) is 14.2. The molecule has 3 fully saturated rings. The summed E-state index contributed by atoms with van der Waals surface area (Å²) in [5, 5.41) is 0.710. The molecular formula is C52H65ClFIN6O6Si. The monoisotopic (exact) mass is 1080 g/mol. The lowest BCUT2D eigenvalue weighted by atomic mass is 10.0. The van der Waals surface area contributed by atoms with E-state index in [0.717, 1.165) is 57.4 Å². The molecule has 4 heterocycles. The van der Waals surface area contributed by atoms with Crippen molar-refractivity contribution in [1.82, 2.24) is 19.9 Å². The number of nitrogens with zero attached hydrogens (tertiary/aromatic N) is 6. The number of fused-ring (bicyclic) bond motifs is 3. The summed E-state index contributed by atoms with van der Waals surface area (Å²) in [4.78, 5) is 34.8. The van der Waals surface area contributed by atoms with Crippen molar-refractivity contribution in [2.45, 2.75) is 123 Å². The standard InChI is InChI=1S/C52H65ClFIN6O6Si/c1-32-24-41(59(26-33-12-18-37(63-8)19-13-33)27-34-14-20-38(64-9)21-15-34)56-46(44(32)55)42-40(53)25-39-45(43(42)54)57-48(65-30-52(22-23-52)31-66-68(10,11)51(5,6)7)58-47(39)60-28-35-16-17-36(29-60)61(35)49(62)67-50(2,3)4/h12-15,18-21,24-25,35-36H,16-17,22-23,26-31H2,1-11H3. The molecule has 3 aliphatic rings. The average Bonchev–Trinajstić information content (AvgIpc) is 4.01. The lowest BCUT2D eigenvalue weighted by Gasteiger charge is -2.42. The number of carbonyl (C=O) groups is 1. The summed E-state index contributed by atoms with van der Waals surface area (Å²) in [6.07, 6.45) is 3.23. The number of amides is 1. The molecule has 3 aromatic carbocycles. The van der Waals surface area contributed by atoms with Gasteiger partial charge in [0.05, 0.1) is 49.2 Å². The van der Waals surface area contributed by atoms with Gasteiger partial charge in [0, 0.05) is 47.2 Å². The number of piperazine rings is 1. The quantitative estimate of drug-likeness (QED) is 0.0738. The maximum absolute atomic E-state index is 18.0. The highest BCUT2D eigenvalue weighted by atomic mass is 127. The number of hydrogen-bond acceptors (Lipinski definition) is 11. The number of halogens is 3. The molecule has 2 bridgehead atoms. The molecule has 12 nitrogen and oxygen atoms in total. The van der Waals surface area contributed by atoms with Gasteiger partial charge in [-0.15, -0.1) is 0 Å². The smallest absolute Gasteiger partial charge is 0.410 e. The molecule has 5 aromatic rings. The summed E-state index contributed by atoms with van der Waals surface area (Å²) in [5.74, 6) is 2.08. The van der Waals surface area contributed by atoms with Crippen LogP contribution in [0, 0.1) is 21.7 Å². The van der Waals surface area contributed by atoms with Crippen molar-refractivity contribution in [3.8, 4) is 28.8 Å². The molecule has 16 heteroatoms. The Bertz CT molecular complexity index is 2590. The predicted octanol–water partition coefficient (Wildman–Crippen LogP) is 12.4. The number of aromatic nitrogens is 3. The summed E-state index contributed by atoms with van der Waals surface area (Å²) >= 11 is 9.53. The molecule has 2 atom stereocenters. The third-order valence-corrected chi connectivity index (χ3v) is 20.1. The first-order valence-corrected chi connectivity index (χ1v) is 27.9. The lowest BCUT2D eigenvalue weighted by Crippen LogP contribution is -2.57. The highest BCUT2D eigenvalue weighted by Gasteiger charge is 2.48. The Hall–Kier alpha value is -4.45. The van der Waals surface area contributed by atoms with Crippen LogP contribution in [-0.2, 0) is 22.3 Å². The van der Waals surface area contributed by atoms with Crippen molar-refractivity contribution in [3.63, 3.8) is 0 Å². The minimum atomic E-state index is -2.02. The molecule has 68 heavy (non-hydrogen) atoms. The molecule has 2 aromatic heterocycles. The molecule has 8 rings (SSSR count). The molecule has 0 N–H and O–H groups in total. The second-order valence-corrected chi connectivity index (χ2v) is 27.6. The van der Waals surface area contributed by atoms with Crippen LogP contribution in [0.2, 0.25) is 23.2 Å². The fourth-order valence-electron chi connectivity index (χ4n) is 8.73. The number of carbonyl (C=O) groups excluding carboxylic acids is 1. The van der Waals surface area contributed by atoms with Crippen LogP contribution in [0.3, 0.4) is 0 Å². The topological polar surface area (TPSA) is 112 Å². The van der Waals surface area contributed by atoms with Crippen LogP contribution in [0.15, 0.2) is 60.7 Å². The summed E-state index contributed by atoms with van der Waals surface area (Å²) in [6, 6.07) is 19.5. The Morgan fingerprint density at radius 2 is 1.46 bits per heavy atom. The van der Waals surface area contributed by atoms with Crippen LogP contribution in [0.1, 0.15) is 83.9 Å². The first-order chi connectivity index (χ1) is 32.1. The summed E-state index contributed by atoms with van der Waals surface area (Å²) in [5.41, 5.74) is 2.85. The summed E-state index contributed by atoms with van der Waals surface area (Å²) < 4.78 is 48.7. The van der Waals surface area contributed by atoms with Crippen LogP contribution in [0.4, 0.5) is 20.8 Å². The maximum atomic E-state index is 18.0. The van der Waals surface area contributed by atoms with Crippen molar-refractivity contribution in [1.29, 1.82) is 0 Å². The number of methoxy groups -OCH3 is 2. The molecule has 1 saturated carbocycles. The molecule has 1 aliphatic carbocycles. The number of ether oxygens (including phenoxy) is 4. The molecule has 2 aliphatic heterocycles. The predicted molar refractivity (Wildman–Crippen MR) is 278 cm³/mol. The van der Waals surface area contributed by atoms with E-state index in [2.05, 4.69) is 66.3 Å². The Morgan fingerprint density at radius 3 is 1.97 bits per heavy atom. The van der Waals surface area contributed by atoms with Crippen LogP contribution in [0.5, 0.6) is 17.5 Å². The molecule has 2 saturated heterocycles. The number of rotatable bonds is 15. The highest BCUT2D eigenvalue weighted by Crippen LogP contribution is 2.49. The fourth-order valence-corrected chi connectivity index (χ4v) is 10.7. The van der Waals surface area contributed by atoms with E-state index in [-0.39, 0.29) is 50.7 Å². The molecule has 0 spiro atoms. The van der Waals surface area contributed by atoms with Crippen LogP contribution in [-0.4, -0.2) is 92.5 Å². The van der Waals surface area contributed by atoms with Gasteiger partial charge in [-0.3, -0.25) is 4.90 Å². The van der Waals surface area contributed by atoms with Crippen LogP contribution < -0.4 is 24.0 Å². The van der Waals surface area contributed by atoms with Crippen molar-refractivity contribution in [2.75, 3.05) is 50.3 Å². The number of aryl methyl sites for hydroxylation is 1. The number of pyridine rings is 1. The van der Waals surface area contributed by atoms with E-state index in [1.54, 1.807) is 20.3 Å². The SMILES string of the molecule is COc1ccc(CN(Cc2ccc(OC)cc2)c2cc(C)c(I)c(-c3c(Cl)cc4c(N5CC6CCC(C5)N6C(=O)OC(C)(C)C)nc(OCC5(CO[Si](C)(C)C(C)(C)C)CC5)nc4c3F)n2)cc1. The molecule has 2 unspecified atom stereocenters. The zero-order chi connectivity index (χ0) is 48.9. The van der Waals surface area contributed by atoms with Crippen LogP contribution >= 0.6 is 34.2 Å². The van der Waals surface area contributed by atoms with Crippen molar-refractivity contribution in [3.05, 3.63) is 91.8 Å². The van der Waals surface area contributed by atoms with Gasteiger partial charge in [-0.05, 0) is 147 Å². The van der Waals surface area contributed by atoms with Gasteiger partial charge in [0.15, 0.2) is 14.1 Å². The van der Waals surface area contributed by atoms with Gasteiger partial charge in [-0.25, -0.2) is 14.2 Å². The van der Waals surface area contributed by atoms with E-state index in [1.807, 2.05) is 87.2 Å².